The Kier molecular flexibility index (Phi) is 9.93. The molecule has 1 atom stereocenters. The number of hydrogen-bond acceptors (Lipinski definition) is 3. The smallest absolute Gasteiger partial charge is 0.191 e. The second kappa shape index (κ2) is 11.7. The maximum atomic E-state index is 12.9. The van der Waals surface area contributed by atoms with Crippen LogP contribution in [-0.4, -0.2) is 30.1 Å². The number of nitrogens with one attached hydrogen (secondary N) is 2. The quantitative estimate of drug-likeness (QED) is 0.367. The Morgan fingerprint density at radius 2 is 1.96 bits per heavy atom. The molecule has 2 N–H and O–H groups in total. The molecule has 0 amide bonds. The molecule has 26 heavy (non-hydrogen) atoms. The van der Waals surface area contributed by atoms with Gasteiger partial charge in [0.1, 0.15) is 17.7 Å². The van der Waals surface area contributed by atoms with E-state index >= 15 is 0 Å². The number of nitrogens with zero attached hydrogens (tertiary/aromatic N) is 2. The molecule has 142 valence electrons. The molecule has 1 aromatic carbocycles. The molecule has 0 saturated heterocycles. The van der Waals surface area contributed by atoms with Gasteiger partial charge >= 0.3 is 0 Å². The van der Waals surface area contributed by atoms with E-state index in [0.29, 0.717) is 24.8 Å². The van der Waals surface area contributed by atoms with E-state index in [1.807, 2.05) is 32.9 Å². The molecule has 0 aliphatic rings. The number of benzene rings is 1. The summed E-state index contributed by atoms with van der Waals surface area (Å²) in [4.78, 5) is 8.91. The highest BCUT2D eigenvalue weighted by molar-refractivity contribution is 14.0. The van der Waals surface area contributed by atoms with Crippen LogP contribution in [0.3, 0.4) is 0 Å². The van der Waals surface area contributed by atoms with Gasteiger partial charge in [0.25, 0.3) is 0 Å². The first-order valence-electron chi connectivity index (χ1n) is 8.43. The van der Waals surface area contributed by atoms with E-state index in [1.165, 1.54) is 12.1 Å². The van der Waals surface area contributed by atoms with Gasteiger partial charge in [-0.1, -0.05) is 6.07 Å². The summed E-state index contributed by atoms with van der Waals surface area (Å²) < 4.78 is 18.7. The van der Waals surface area contributed by atoms with Crippen molar-refractivity contribution in [1.29, 1.82) is 0 Å². The van der Waals surface area contributed by atoms with E-state index in [4.69, 9.17) is 4.74 Å². The van der Waals surface area contributed by atoms with Gasteiger partial charge in [-0.3, -0.25) is 4.98 Å². The number of guanidine groups is 1. The number of rotatable bonds is 7. The zero-order valence-electron chi connectivity index (χ0n) is 15.3. The Morgan fingerprint density at radius 3 is 2.62 bits per heavy atom. The summed E-state index contributed by atoms with van der Waals surface area (Å²) in [6, 6.07) is 9.95. The highest BCUT2D eigenvalue weighted by Gasteiger charge is 2.06. The van der Waals surface area contributed by atoms with E-state index in [2.05, 4.69) is 20.6 Å². The van der Waals surface area contributed by atoms with Crippen molar-refractivity contribution in [2.45, 2.75) is 33.4 Å². The Bertz CT molecular complexity index is 694. The van der Waals surface area contributed by atoms with Crippen molar-refractivity contribution in [2.24, 2.45) is 4.99 Å². The number of aromatic nitrogens is 1. The van der Waals surface area contributed by atoms with Crippen LogP contribution in [-0.2, 0) is 6.54 Å². The fraction of sp³-hybridized carbons (Fsp3) is 0.368. The van der Waals surface area contributed by atoms with Gasteiger partial charge in [-0.2, -0.15) is 0 Å². The predicted octanol–water partition coefficient (Wildman–Crippen LogP) is 3.67. The van der Waals surface area contributed by atoms with Gasteiger partial charge in [-0.25, -0.2) is 9.38 Å². The van der Waals surface area contributed by atoms with Crippen molar-refractivity contribution in [1.82, 2.24) is 15.6 Å². The molecule has 0 aliphatic carbocycles. The van der Waals surface area contributed by atoms with Crippen LogP contribution in [0.2, 0.25) is 0 Å². The van der Waals surface area contributed by atoms with Crippen LogP contribution >= 0.6 is 24.0 Å². The molecule has 0 aliphatic heterocycles. The Hall–Kier alpha value is -1.90. The Labute approximate surface area is 171 Å². The molecule has 0 saturated carbocycles. The minimum absolute atomic E-state index is 0. The van der Waals surface area contributed by atoms with Crippen molar-refractivity contribution >= 4 is 29.9 Å². The number of aryl methyl sites for hydroxylation is 1. The van der Waals surface area contributed by atoms with Gasteiger partial charge in [-0.15, -0.1) is 24.0 Å². The molecule has 1 heterocycles. The third-order valence-electron chi connectivity index (χ3n) is 3.56. The third kappa shape index (κ3) is 7.55. The summed E-state index contributed by atoms with van der Waals surface area (Å²) in [6.45, 7) is 7.83. The average molecular weight is 472 g/mol. The van der Waals surface area contributed by atoms with Gasteiger partial charge in [0.15, 0.2) is 5.96 Å². The van der Waals surface area contributed by atoms with Crippen LogP contribution in [0.1, 0.15) is 25.1 Å². The van der Waals surface area contributed by atoms with Crippen LogP contribution in [0.4, 0.5) is 4.39 Å². The molecule has 2 rings (SSSR count). The van der Waals surface area contributed by atoms with Crippen LogP contribution in [0.15, 0.2) is 47.6 Å². The average Bonchev–Trinajstić information content (AvgIpc) is 2.60. The van der Waals surface area contributed by atoms with Crippen molar-refractivity contribution in [3.05, 3.63) is 59.7 Å². The topological polar surface area (TPSA) is 58.5 Å². The van der Waals surface area contributed by atoms with Gasteiger partial charge in [-0.05, 0) is 56.7 Å². The molecular formula is C19H26FIN4O. The fourth-order valence-electron chi connectivity index (χ4n) is 2.21. The van der Waals surface area contributed by atoms with Gasteiger partial charge in [0.05, 0.1) is 18.8 Å². The summed E-state index contributed by atoms with van der Waals surface area (Å²) in [6.07, 6.45) is 1.68. The molecule has 0 bridgehead atoms. The predicted molar refractivity (Wildman–Crippen MR) is 114 cm³/mol. The van der Waals surface area contributed by atoms with Crippen LogP contribution in [0.5, 0.6) is 5.75 Å². The Morgan fingerprint density at radius 1 is 1.23 bits per heavy atom. The summed E-state index contributed by atoms with van der Waals surface area (Å²) in [5.41, 5.74) is 2.07. The van der Waals surface area contributed by atoms with Crippen LogP contribution in [0, 0.1) is 12.7 Å². The lowest BCUT2D eigenvalue weighted by Gasteiger charge is -2.17. The third-order valence-corrected chi connectivity index (χ3v) is 3.56. The lowest BCUT2D eigenvalue weighted by molar-refractivity contribution is 0.223. The summed E-state index contributed by atoms with van der Waals surface area (Å²) in [5.74, 6) is 1.08. The molecule has 0 spiro atoms. The molecule has 0 radical (unpaired) electrons. The van der Waals surface area contributed by atoms with E-state index in [9.17, 15) is 4.39 Å². The molecule has 2 aromatic rings. The first-order chi connectivity index (χ1) is 12.1. The maximum Gasteiger partial charge on any atom is 0.191 e. The number of halogens is 2. The SMILES string of the molecule is CCNC(=NCc1ncccc1C)NCC(C)Oc1ccc(F)cc1.I. The number of ether oxygens (including phenoxy) is 1. The lowest BCUT2D eigenvalue weighted by atomic mass is 10.2. The number of hydrogen-bond donors (Lipinski definition) is 2. The second-order valence-corrected chi connectivity index (χ2v) is 5.73. The van der Waals surface area contributed by atoms with Crippen molar-refractivity contribution in [2.75, 3.05) is 13.1 Å². The molecule has 5 nitrogen and oxygen atoms in total. The highest BCUT2D eigenvalue weighted by atomic mass is 127. The van der Waals surface area contributed by atoms with Crippen LogP contribution in [0.25, 0.3) is 0 Å². The summed E-state index contributed by atoms with van der Waals surface area (Å²) in [7, 11) is 0. The van der Waals surface area contributed by atoms with E-state index < -0.39 is 0 Å². The monoisotopic (exact) mass is 472 g/mol. The normalized spacial score (nSPS) is 12.1. The first-order valence-corrected chi connectivity index (χ1v) is 8.43. The fourth-order valence-corrected chi connectivity index (χ4v) is 2.21. The number of pyridine rings is 1. The van der Waals surface area contributed by atoms with Crippen molar-refractivity contribution < 1.29 is 9.13 Å². The minimum atomic E-state index is -0.274. The molecule has 1 aromatic heterocycles. The van der Waals surface area contributed by atoms with Gasteiger partial charge in [0.2, 0.25) is 0 Å². The molecule has 1 unspecified atom stereocenters. The van der Waals surface area contributed by atoms with Crippen molar-refractivity contribution in [3.63, 3.8) is 0 Å². The molecular weight excluding hydrogens is 446 g/mol. The van der Waals surface area contributed by atoms with E-state index in [0.717, 1.165) is 17.8 Å². The maximum absolute atomic E-state index is 12.9. The second-order valence-electron chi connectivity index (χ2n) is 5.73. The first kappa shape index (κ1) is 22.1. The Balaban J connectivity index is 0.00000338. The zero-order valence-corrected chi connectivity index (χ0v) is 17.7. The largest absolute Gasteiger partial charge is 0.489 e. The standard InChI is InChI=1S/C19H25FN4O.HI/c1-4-21-19(24-13-18-14(2)6-5-11-22-18)23-12-15(3)25-17-9-7-16(20)8-10-17;/h5-11,15H,4,12-13H2,1-3H3,(H2,21,23,24);1H. The van der Waals surface area contributed by atoms with Gasteiger partial charge < -0.3 is 15.4 Å². The van der Waals surface area contributed by atoms with E-state index in [-0.39, 0.29) is 35.9 Å². The van der Waals surface area contributed by atoms with Gasteiger partial charge in [0, 0.05) is 12.7 Å². The summed E-state index contributed by atoms with van der Waals surface area (Å²) >= 11 is 0. The van der Waals surface area contributed by atoms with E-state index in [1.54, 1.807) is 18.3 Å². The van der Waals surface area contributed by atoms with Crippen LogP contribution < -0.4 is 15.4 Å². The zero-order chi connectivity index (χ0) is 18.1. The highest BCUT2D eigenvalue weighted by Crippen LogP contribution is 2.12. The minimum Gasteiger partial charge on any atom is -0.489 e. The summed E-state index contributed by atoms with van der Waals surface area (Å²) in [5, 5.41) is 6.46. The lowest BCUT2D eigenvalue weighted by Crippen LogP contribution is -2.41. The molecule has 0 fully saturated rings. The molecule has 7 heteroatoms. The number of aliphatic imine (C=N–C) groups is 1. The van der Waals surface area contributed by atoms with Crippen molar-refractivity contribution in [3.8, 4) is 5.75 Å².